The summed E-state index contributed by atoms with van der Waals surface area (Å²) < 4.78 is 0. The number of thiophene rings is 2. The molecule has 0 fully saturated rings. The Labute approximate surface area is 136 Å². The lowest BCUT2D eigenvalue weighted by Gasteiger charge is -2.26. The van der Waals surface area contributed by atoms with E-state index in [2.05, 4.69) is 34.8 Å². The van der Waals surface area contributed by atoms with Crippen molar-refractivity contribution < 1.29 is 0 Å². The SMILES string of the molecule is CN1CCc2nc3sc(C#N)c(N)c3c(-c3ccsc3)c2C1. The van der Waals surface area contributed by atoms with Crippen molar-refractivity contribution in [1.29, 1.82) is 5.26 Å². The quantitative estimate of drug-likeness (QED) is 0.743. The molecule has 0 radical (unpaired) electrons. The molecule has 110 valence electrons. The van der Waals surface area contributed by atoms with Crippen LogP contribution in [0.3, 0.4) is 0 Å². The molecule has 1 aliphatic rings. The summed E-state index contributed by atoms with van der Waals surface area (Å²) in [5, 5.41) is 14.5. The van der Waals surface area contributed by atoms with Gasteiger partial charge in [0, 0.05) is 36.2 Å². The fraction of sp³-hybridized carbons (Fsp3) is 0.250. The molecule has 2 N–H and O–H groups in total. The van der Waals surface area contributed by atoms with Gasteiger partial charge in [0.05, 0.1) is 5.69 Å². The molecule has 0 saturated heterocycles. The number of nitrogens with two attached hydrogens (primary N) is 1. The predicted octanol–water partition coefficient (Wildman–Crippen LogP) is 3.47. The molecule has 0 atom stereocenters. The number of nitrogen functional groups attached to an aromatic ring is 1. The molecule has 0 bridgehead atoms. The second-order valence-electron chi connectivity index (χ2n) is 5.55. The van der Waals surface area contributed by atoms with Crippen molar-refractivity contribution in [3.05, 3.63) is 33.0 Å². The minimum atomic E-state index is 0.565. The lowest BCUT2D eigenvalue weighted by molar-refractivity contribution is 0.311. The molecular weight excluding hydrogens is 312 g/mol. The number of hydrogen-bond donors (Lipinski definition) is 1. The van der Waals surface area contributed by atoms with E-state index in [9.17, 15) is 5.26 Å². The molecule has 4 nitrogen and oxygen atoms in total. The molecule has 22 heavy (non-hydrogen) atoms. The number of hydrogen-bond acceptors (Lipinski definition) is 6. The zero-order valence-electron chi connectivity index (χ0n) is 12.1. The number of nitriles is 1. The molecule has 4 rings (SSSR count). The van der Waals surface area contributed by atoms with Crippen molar-refractivity contribution in [2.75, 3.05) is 19.3 Å². The van der Waals surface area contributed by atoms with E-state index in [0.717, 1.165) is 35.4 Å². The first kappa shape index (κ1) is 13.7. The Balaban J connectivity index is 2.13. The molecule has 6 heteroatoms. The van der Waals surface area contributed by atoms with E-state index in [1.807, 2.05) is 0 Å². The molecule has 0 saturated carbocycles. The Morgan fingerprint density at radius 1 is 1.45 bits per heavy atom. The summed E-state index contributed by atoms with van der Waals surface area (Å²) in [6.07, 6.45) is 0.943. The topological polar surface area (TPSA) is 65.9 Å². The van der Waals surface area contributed by atoms with Crippen LogP contribution in [0.2, 0.25) is 0 Å². The highest BCUT2D eigenvalue weighted by Gasteiger charge is 2.25. The Hall–Kier alpha value is -1.94. The van der Waals surface area contributed by atoms with E-state index in [-0.39, 0.29) is 0 Å². The molecule has 0 aromatic carbocycles. The number of nitrogens with zero attached hydrogens (tertiary/aromatic N) is 3. The average Bonchev–Trinajstić information content (AvgIpc) is 3.14. The lowest BCUT2D eigenvalue weighted by Crippen LogP contribution is -2.27. The lowest BCUT2D eigenvalue weighted by atomic mass is 9.94. The van der Waals surface area contributed by atoms with E-state index < -0.39 is 0 Å². The Kier molecular flexibility index (Phi) is 3.15. The van der Waals surface area contributed by atoms with Gasteiger partial charge in [0.15, 0.2) is 0 Å². The van der Waals surface area contributed by atoms with Gasteiger partial charge in [-0.05, 0) is 35.0 Å². The van der Waals surface area contributed by atoms with Gasteiger partial charge in [-0.25, -0.2) is 4.98 Å². The summed E-state index contributed by atoms with van der Waals surface area (Å²) in [4.78, 5) is 8.57. The van der Waals surface area contributed by atoms with Gasteiger partial charge >= 0.3 is 0 Å². The van der Waals surface area contributed by atoms with Crippen LogP contribution in [0.15, 0.2) is 16.8 Å². The van der Waals surface area contributed by atoms with Gasteiger partial charge in [0.25, 0.3) is 0 Å². The third-order valence-corrected chi connectivity index (χ3v) is 5.82. The van der Waals surface area contributed by atoms with Crippen LogP contribution < -0.4 is 5.73 Å². The largest absolute Gasteiger partial charge is 0.396 e. The molecule has 0 aliphatic carbocycles. The van der Waals surface area contributed by atoms with E-state index in [0.29, 0.717) is 10.6 Å². The third-order valence-electron chi connectivity index (χ3n) is 4.13. The van der Waals surface area contributed by atoms with Gasteiger partial charge < -0.3 is 10.6 Å². The monoisotopic (exact) mass is 326 g/mol. The first-order valence-corrected chi connectivity index (χ1v) is 8.80. The van der Waals surface area contributed by atoms with Crippen molar-refractivity contribution in [3.63, 3.8) is 0 Å². The number of likely N-dealkylation sites (N-methyl/N-ethyl adjacent to an activating group) is 1. The Morgan fingerprint density at radius 3 is 3.05 bits per heavy atom. The first-order valence-electron chi connectivity index (χ1n) is 7.04. The van der Waals surface area contributed by atoms with Gasteiger partial charge in [-0.2, -0.15) is 16.6 Å². The Bertz CT molecular complexity index is 903. The summed E-state index contributed by atoms with van der Waals surface area (Å²) in [5.74, 6) is 0. The number of rotatable bonds is 1. The van der Waals surface area contributed by atoms with E-state index in [1.165, 1.54) is 28.0 Å². The molecular formula is C16H14N4S2. The zero-order chi connectivity index (χ0) is 15.3. The number of aromatic nitrogens is 1. The summed E-state index contributed by atoms with van der Waals surface area (Å²) >= 11 is 3.08. The maximum atomic E-state index is 9.29. The maximum Gasteiger partial charge on any atom is 0.130 e. The fourth-order valence-electron chi connectivity index (χ4n) is 3.07. The third kappa shape index (κ3) is 1.94. The van der Waals surface area contributed by atoms with Gasteiger partial charge in [-0.3, -0.25) is 0 Å². The smallest absolute Gasteiger partial charge is 0.130 e. The van der Waals surface area contributed by atoms with Gasteiger partial charge in [-0.15, -0.1) is 11.3 Å². The summed E-state index contributed by atoms with van der Waals surface area (Å²) in [6, 6.07) is 4.32. The van der Waals surface area contributed by atoms with Crippen molar-refractivity contribution >= 4 is 38.6 Å². The first-order chi connectivity index (χ1) is 10.7. The van der Waals surface area contributed by atoms with E-state index in [4.69, 9.17) is 10.7 Å². The zero-order valence-corrected chi connectivity index (χ0v) is 13.7. The Morgan fingerprint density at radius 2 is 2.32 bits per heavy atom. The van der Waals surface area contributed by atoms with Gasteiger partial charge in [0.1, 0.15) is 15.8 Å². The second-order valence-corrected chi connectivity index (χ2v) is 7.33. The van der Waals surface area contributed by atoms with Crippen LogP contribution in [0.25, 0.3) is 21.3 Å². The number of fused-ring (bicyclic) bond motifs is 2. The van der Waals surface area contributed by atoms with Crippen molar-refractivity contribution in [2.45, 2.75) is 13.0 Å². The van der Waals surface area contributed by atoms with Crippen LogP contribution in [-0.4, -0.2) is 23.5 Å². The van der Waals surface area contributed by atoms with Crippen LogP contribution in [0.5, 0.6) is 0 Å². The highest BCUT2D eigenvalue weighted by molar-refractivity contribution is 7.20. The summed E-state index contributed by atoms with van der Waals surface area (Å²) in [5.41, 5.74) is 11.6. The molecule has 0 unspecified atom stereocenters. The molecule has 1 aliphatic heterocycles. The van der Waals surface area contributed by atoms with Crippen LogP contribution >= 0.6 is 22.7 Å². The van der Waals surface area contributed by atoms with E-state index >= 15 is 0 Å². The van der Waals surface area contributed by atoms with Crippen LogP contribution in [0, 0.1) is 11.3 Å². The van der Waals surface area contributed by atoms with Crippen LogP contribution in [0.1, 0.15) is 16.1 Å². The van der Waals surface area contributed by atoms with Crippen LogP contribution in [-0.2, 0) is 13.0 Å². The van der Waals surface area contributed by atoms with Crippen molar-refractivity contribution in [1.82, 2.24) is 9.88 Å². The van der Waals surface area contributed by atoms with Gasteiger partial charge in [-0.1, -0.05) is 0 Å². The molecule has 0 spiro atoms. The standard InChI is InChI=1S/C16H14N4S2/c1-20-4-2-11-10(7-20)13(9-3-5-21-8-9)14-15(18)12(6-17)22-16(14)19-11/h3,5,8H,2,4,7,18H2,1H3. The number of pyridine rings is 1. The minimum absolute atomic E-state index is 0.565. The highest BCUT2D eigenvalue weighted by Crippen LogP contribution is 2.43. The number of anilines is 1. The van der Waals surface area contributed by atoms with Gasteiger partial charge in [0.2, 0.25) is 0 Å². The summed E-state index contributed by atoms with van der Waals surface area (Å²) in [6.45, 7) is 1.89. The predicted molar refractivity (Wildman–Crippen MR) is 92.1 cm³/mol. The average molecular weight is 326 g/mol. The normalized spacial score (nSPS) is 14.9. The molecule has 4 heterocycles. The van der Waals surface area contributed by atoms with Crippen molar-refractivity contribution in [2.24, 2.45) is 0 Å². The van der Waals surface area contributed by atoms with Crippen molar-refractivity contribution in [3.8, 4) is 17.2 Å². The molecule has 3 aromatic rings. The second kappa shape index (κ2) is 5.06. The van der Waals surface area contributed by atoms with Crippen LogP contribution in [0.4, 0.5) is 5.69 Å². The highest BCUT2D eigenvalue weighted by atomic mass is 32.1. The molecule has 0 amide bonds. The molecule has 3 aromatic heterocycles. The van der Waals surface area contributed by atoms with E-state index in [1.54, 1.807) is 11.3 Å². The summed E-state index contributed by atoms with van der Waals surface area (Å²) in [7, 11) is 2.13. The fourth-order valence-corrected chi connectivity index (χ4v) is 4.64. The maximum absolute atomic E-state index is 9.29. The minimum Gasteiger partial charge on any atom is -0.396 e.